The number of aryl methyl sites for hydroxylation is 2. The van der Waals surface area contributed by atoms with Gasteiger partial charge in [-0.2, -0.15) is 0 Å². The molecule has 0 atom stereocenters. The molecule has 1 aromatic heterocycles. The van der Waals surface area contributed by atoms with E-state index in [0.717, 1.165) is 60.6 Å². The lowest BCUT2D eigenvalue weighted by Gasteiger charge is -2.18. The summed E-state index contributed by atoms with van der Waals surface area (Å²) in [4.78, 5) is 24.1. The summed E-state index contributed by atoms with van der Waals surface area (Å²) in [5.74, 6) is 0.207. The molecular formula is C20H24O5. The summed E-state index contributed by atoms with van der Waals surface area (Å²) in [6.45, 7) is 4.22. The van der Waals surface area contributed by atoms with Crippen LogP contribution >= 0.6 is 0 Å². The topological polar surface area (TPSA) is 65.7 Å². The number of carbonyl (C=O) groups is 1. The molecule has 0 bridgehead atoms. The van der Waals surface area contributed by atoms with E-state index >= 15 is 0 Å². The van der Waals surface area contributed by atoms with Crippen molar-refractivity contribution in [3.8, 4) is 5.75 Å². The van der Waals surface area contributed by atoms with Crippen molar-refractivity contribution in [1.29, 1.82) is 0 Å². The summed E-state index contributed by atoms with van der Waals surface area (Å²) in [5, 5.41) is 0.821. The second-order valence-electron chi connectivity index (χ2n) is 6.55. The van der Waals surface area contributed by atoms with Crippen molar-refractivity contribution < 1.29 is 18.7 Å². The minimum Gasteiger partial charge on any atom is -0.481 e. The van der Waals surface area contributed by atoms with Gasteiger partial charge in [0, 0.05) is 5.56 Å². The SMILES string of the molecule is CCCCOC(=O)COc1cc(C)cc2oc(=O)c3c(c12)CCCC3. The quantitative estimate of drug-likeness (QED) is 0.454. The Hall–Kier alpha value is -2.30. The third kappa shape index (κ3) is 3.86. The molecular weight excluding hydrogens is 320 g/mol. The first-order chi connectivity index (χ1) is 12.1. The van der Waals surface area contributed by atoms with Gasteiger partial charge in [-0.05, 0) is 62.3 Å². The van der Waals surface area contributed by atoms with E-state index in [1.165, 1.54) is 0 Å². The smallest absolute Gasteiger partial charge is 0.344 e. The average Bonchev–Trinajstić information content (AvgIpc) is 2.59. The Morgan fingerprint density at radius 2 is 1.96 bits per heavy atom. The number of benzene rings is 1. The molecule has 0 radical (unpaired) electrons. The van der Waals surface area contributed by atoms with Crippen LogP contribution in [0.2, 0.25) is 0 Å². The second kappa shape index (κ2) is 7.72. The number of fused-ring (bicyclic) bond motifs is 3. The summed E-state index contributed by atoms with van der Waals surface area (Å²) < 4.78 is 16.4. The van der Waals surface area contributed by atoms with Gasteiger partial charge in [-0.1, -0.05) is 13.3 Å². The lowest BCUT2D eigenvalue weighted by atomic mass is 9.90. The van der Waals surface area contributed by atoms with Gasteiger partial charge in [-0.25, -0.2) is 9.59 Å². The zero-order chi connectivity index (χ0) is 17.8. The molecule has 1 heterocycles. The fraction of sp³-hybridized carbons (Fsp3) is 0.500. The van der Waals surface area contributed by atoms with Crippen LogP contribution in [0, 0.1) is 6.92 Å². The van der Waals surface area contributed by atoms with Crippen molar-refractivity contribution in [1.82, 2.24) is 0 Å². The van der Waals surface area contributed by atoms with E-state index in [1.54, 1.807) is 0 Å². The normalized spacial score (nSPS) is 13.5. The number of hydrogen-bond acceptors (Lipinski definition) is 5. The fourth-order valence-corrected chi connectivity index (χ4v) is 3.29. The van der Waals surface area contributed by atoms with Crippen molar-refractivity contribution in [3.05, 3.63) is 39.2 Å². The van der Waals surface area contributed by atoms with Crippen LogP contribution in [0.4, 0.5) is 0 Å². The minimum atomic E-state index is -0.380. The highest BCUT2D eigenvalue weighted by molar-refractivity contribution is 5.89. The molecule has 134 valence electrons. The van der Waals surface area contributed by atoms with Gasteiger partial charge in [0.25, 0.3) is 0 Å². The summed E-state index contributed by atoms with van der Waals surface area (Å²) in [6, 6.07) is 3.73. The molecule has 2 aromatic rings. The molecule has 3 rings (SSSR count). The number of carbonyl (C=O) groups excluding carboxylic acids is 1. The maximum Gasteiger partial charge on any atom is 0.344 e. The highest BCUT2D eigenvalue weighted by Gasteiger charge is 2.21. The Morgan fingerprint density at radius 3 is 2.72 bits per heavy atom. The Morgan fingerprint density at radius 1 is 1.20 bits per heavy atom. The van der Waals surface area contributed by atoms with E-state index in [9.17, 15) is 9.59 Å². The minimum absolute atomic E-state index is 0.143. The molecule has 0 saturated heterocycles. The summed E-state index contributed by atoms with van der Waals surface area (Å²) in [5.41, 5.74) is 2.95. The van der Waals surface area contributed by atoms with E-state index in [0.29, 0.717) is 17.9 Å². The highest BCUT2D eigenvalue weighted by Crippen LogP contribution is 2.34. The van der Waals surface area contributed by atoms with Gasteiger partial charge in [-0.15, -0.1) is 0 Å². The summed E-state index contributed by atoms with van der Waals surface area (Å²) in [6.07, 6.45) is 5.42. The Kier molecular flexibility index (Phi) is 5.41. The van der Waals surface area contributed by atoms with Gasteiger partial charge in [0.15, 0.2) is 6.61 Å². The zero-order valence-corrected chi connectivity index (χ0v) is 14.9. The predicted molar refractivity (Wildman–Crippen MR) is 95.2 cm³/mol. The van der Waals surface area contributed by atoms with Crippen LogP contribution in [-0.2, 0) is 22.4 Å². The molecule has 1 aliphatic rings. The van der Waals surface area contributed by atoms with Gasteiger partial charge in [-0.3, -0.25) is 0 Å². The fourth-order valence-electron chi connectivity index (χ4n) is 3.29. The Balaban J connectivity index is 1.92. The lowest BCUT2D eigenvalue weighted by Crippen LogP contribution is -2.18. The number of unbranched alkanes of at least 4 members (excludes halogenated alkanes) is 1. The van der Waals surface area contributed by atoms with Crippen LogP contribution in [0.1, 0.15) is 49.3 Å². The predicted octanol–water partition coefficient (Wildman–Crippen LogP) is 3.70. The van der Waals surface area contributed by atoms with Crippen molar-refractivity contribution >= 4 is 16.9 Å². The van der Waals surface area contributed by atoms with Gasteiger partial charge in [0.2, 0.25) is 0 Å². The maximum atomic E-state index is 12.2. The van der Waals surface area contributed by atoms with Crippen LogP contribution in [0.25, 0.3) is 11.0 Å². The first-order valence-corrected chi connectivity index (χ1v) is 8.97. The van der Waals surface area contributed by atoms with Crippen molar-refractivity contribution in [2.45, 2.75) is 52.4 Å². The second-order valence-corrected chi connectivity index (χ2v) is 6.55. The number of ether oxygens (including phenoxy) is 2. The first-order valence-electron chi connectivity index (χ1n) is 8.97. The summed E-state index contributed by atoms with van der Waals surface area (Å²) in [7, 11) is 0. The molecule has 1 aromatic carbocycles. The standard InChI is InChI=1S/C20H24O5/c1-3-4-9-23-18(21)12-24-16-10-13(2)11-17-19(16)14-7-5-6-8-15(14)20(22)25-17/h10-11H,3-9,12H2,1-2H3. The van der Waals surface area contributed by atoms with E-state index in [1.807, 2.05) is 26.0 Å². The van der Waals surface area contributed by atoms with Gasteiger partial charge in [0.1, 0.15) is 11.3 Å². The first kappa shape index (κ1) is 17.5. The van der Waals surface area contributed by atoms with E-state index in [4.69, 9.17) is 13.9 Å². The third-order valence-electron chi connectivity index (χ3n) is 4.54. The van der Waals surface area contributed by atoms with E-state index in [-0.39, 0.29) is 18.2 Å². The van der Waals surface area contributed by atoms with Crippen LogP contribution in [0.3, 0.4) is 0 Å². The molecule has 5 heteroatoms. The van der Waals surface area contributed by atoms with Crippen molar-refractivity contribution in [2.24, 2.45) is 0 Å². The third-order valence-corrected chi connectivity index (χ3v) is 4.54. The van der Waals surface area contributed by atoms with Crippen molar-refractivity contribution in [3.63, 3.8) is 0 Å². The Bertz CT molecular complexity index is 834. The van der Waals surface area contributed by atoms with Crippen LogP contribution < -0.4 is 10.4 Å². The van der Waals surface area contributed by atoms with E-state index in [2.05, 4.69) is 0 Å². The maximum absolute atomic E-state index is 12.2. The Labute approximate surface area is 146 Å². The molecule has 25 heavy (non-hydrogen) atoms. The van der Waals surface area contributed by atoms with Crippen LogP contribution in [0.5, 0.6) is 5.75 Å². The molecule has 0 N–H and O–H groups in total. The van der Waals surface area contributed by atoms with Crippen molar-refractivity contribution in [2.75, 3.05) is 13.2 Å². The lowest BCUT2D eigenvalue weighted by molar-refractivity contribution is -0.146. The molecule has 0 spiro atoms. The monoisotopic (exact) mass is 344 g/mol. The molecule has 0 aliphatic heterocycles. The highest BCUT2D eigenvalue weighted by atomic mass is 16.6. The van der Waals surface area contributed by atoms with E-state index < -0.39 is 0 Å². The van der Waals surface area contributed by atoms with Crippen LogP contribution in [0.15, 0.2) is 21.3 Å². The summed E-state index contributed by atoms with van der Waals surface area (Å²) >= 11 is 0. The number of esters is 1. The van der Waals surface area contributed by atoms with Gasteiger partial charge < -0.3 is 13.9 Å². The largest absolute Gasteiger partial charge is 0.481 e. The zero-order valence-electron chi connectivity index (χ0n) is 14.9. The van der Waals surface area contributed by atoms with Gasteiger partial charge in [0.05, 0.1) is 12.0 Å². The molecule has 5 nitrogen and oxygen atoms in total. The molecule has 0 fully saturated rings. The number of hydrogen-bond donors (Lipinski definition) is 0. The van der Waals surface area contributed by atoms with Crippen LogP contribution in [-0.4, -0.2) is 19.2 Å². The molecule has 0 unspecified atom stereocenters. The molecule has 0 amide bonds. The number of rotatable bonds is 6. The molecule has 1 aliphatic carbocycles. The van der Waals surface area contributed by atoms with Gasteiger partial charge >= 0.3 is 11.6 Å². The average molecular weight is 344 g/mol. The molecule has 0 saturated carbocycles.